The van der Waals surface area contributed by atoms with Crippen LogP contribution in [0.1, 0.15) is 28.3 Å². The zero-order chi connectivity index (χ0) is 22.7. The number of aryl methyl sites for hydroxylation is 3. The number of ether oxygens (including phenoxy) is 2. The lowest BCUT2D eigenvalue weighted by atomic mass is 10.1. The third-order valence-corrected chi connectivity index (χ3v) is 5.71. The van der Waals surface area contributed by atoms with Crippen molar-refractivity contribution >= 4 is 11.6 Å². The first-order chi connectivity index (χ1) is 15.5. The maximum atomic E-state index is 9.58. The summed E-state index contributed by atoms with van der Waals surface area (Å²) >= 11 is 0. The number of nitriles is 1. The van der Waals surface area contributed by atoms with Crippen LogP contribution in [0.2, 0.25) is 0 Å². The zero-order valence-corrected chi connectivity index (χ0v) is 19.0. The van der Waals surface area contributed by atoms with E-state index in [0.717, 1.165) is 54.5 Å². The van der Waals surface area contributed by atoms with E-state index in [1.165, 1.54) is 5.56 Å². The Kier molecular flexibility index (Phi) is 6.22. The Hall–Kier alpha value is -3.66. The molecule has 0 N–H and O–H groups in total. The summed E-state index contributed by atoms with van der Waals surface area (Å²) in [5.41, 5.74) is 4.81. The molecular weight excluding hydrogens is 404 g/mol. The Morgan fingerprint density at radius 3 is 2.22 bits per heavy atom. The fourth-order valence-corrected chi connectivity index (χ4v) is 4.19. The maximum Gasteiger partial charge on any atom is 0.236 e. The fourth-order valence-electron chi connectivity index (χ4n) is 4.19. The van der Waals surface area contributed by atoms with Crippen LogP contribution in [0.4, 0.5) is 11.6 Å². The van der Waals surface area contributed by atoms with Gasteiger partial charge in [-0.25, -0.2) is 0 Å². The Labute approximate surface area is 188 Å². The standard InChI is InChI=1S/C25H28N4O3/c1-17-13-18(2)24(19(3)14-17)31-16-23-27-22(15-26)25(32-23)29-11-9-28(10-12-29)20-5-7-21(30-4)8-6-20/h5-8,13-14H,9-12,16H2,1-4H3. The molecule has 1 aliphatic rings. The number of nitrogens with zero attached hydrogens (tertiary/aromatic N) is 4. The smallest absolute Gasteiger partial charge is 0.236 e. The van der Waals surface area contributed by atoms with Crippen LogP contribution in [-0.2, 0) is 6.61 Å². The summed E-state index contributed by atoms with van der Waals surface area (Å²) < 4.78 is 17.2. The van der Waals surface area contributed by atoms with E-state index in [9.17, 15) is 5.26 Å². The lowest BCUT2D eigenvalue weighted by Crippen LogP contribution is -2.46. The van der Waals surface area contributed by atoms with Crippen LogP contribution in [0.15, 0.2) is 40.8 Å². The van der Waals surface area contributed by atoms with Crippen molar-refractivity contribution in [2.45, 2.75) is 27.4 Å². The van der Waals surface area contributed by atoms with Crippen molar-refractivity contribution < 1.29 is 13.9 Å². The lowest BCUT2D eigenvalue weighted by molar-refractivity contribution is 0.260. The molecule has 3 aromatic rings. The fraction of sp³-hybridized carbons (Fsp3) is 0.360. The van der Waals surface area contributed by atoms with Crippen LogP contribution in [0.25, 0.3) is 0 Å². The van der Waals surface area contributed by atoms with Crippen LogP contribution in [0.3, 0.4) is 0 Å². The minimum Gasteiger partial charge on any atom is -0.497 e. The van der Waals surface area contributed by atoms with E-state index in [2.05, 4.69) is 52.0 Å². The molecule has 0 unspecified atom stereocenters. The van der Waals surface area contributed by atoms with E-state index in [4.69, 9.17) is 13.9 Å². The summed E-state index contributed by atoms with van der Waals surface area (Å²) in [6, 6.07) is 14.4. The van der Waals surface area contributed by atoms with Crippen LogP contribution in [-0.4, -0.2) is 38.3 Å². The number of piperazine rings is 1. The van der Waals surface area contributed by atoms with E-state index in [1.54, 1.807) is 7.11 Å². The molecule has 0 amide bonds. The summed E-state index contributed by atoms with van der Waals surface area (Å²) in [4.78, 5) is 8.76. The number of anilines is 2. The van der Waals surface area contributed by atoms with Gasteiger partial charge in [-0.1, -0.05) is 17.7 Å². The van der Waals surface area contributed by atoms with Crippen LogP contribution < -0.4 is 19.3 Å². The van der Waals surface area contributed by atoms with Gasteiger partial charge in [0.15, 0.2) is 6.61 Å². The average molecular weight is 433 g/mol. The third-order valence-electron chi connectivity index (χ3n) is 5.71. The molecule has 1 fully saturated rings. The molecule has 1 aromatic heterocycles. The Bertz CT molecular complexity index is 1100. The van der Waals surface area contributed by atoms with Gasteiger partial charge in [-0.3, -0.25) is 0 Å². The summed E-state index contributed by atoms with van der Waals surface area (Å²) in [5, 5.41) is 9.58. The molecule has 0 spiro atoms. The quantitative estimate of drug-likeness (QED) is 0.572. The first-order valence-electron chi connectivity index (χ1n) is 10.7. The van der Waals surface area contributed by atoms with Gasteiger partial charge in [0, 0.05) is 31.9 Å². The number of rotatable bonds is 6. The Morgan fingerprint density at radius 1 is 1.00 bits per heavy atom. The second-order valence-electron chi connectivity index (χ2n) is 8.06. The van der Waals surface area contributed by atoms with Gasteiger partial charge in [0.25, 0.3) is 0 Å². The van der Waals surface area contributed by atoms with E-state index in [1.807, 2.05) is 26.0 Å². The minimum atomic E-state index is 0.186. The highest BCUT2D eigenvalue weighted by molar-refractivity contribution is 5.53. The number of methoxy groups -OCH3 is 1. The van der Waals surface area contributed by atoms with E-state index < -0.39 is 0 Å². The molecule has 166 valence electrons. The molecule has 0 atom stereocenters. The van der Waals surface area contributed by atoms with Crippen molar-refractivity contribution in [2.24, 2.45) is 0 Å². The molecule has 1 aliphatic heterocycles. The van der Waals surface area contributed by atoms with E-state index in [0.29, 0.717) is 17.5 Å². The second-order valence-corrected chi connectivity index (χ2v) is 8.06. The molecular formula is C25H28N4O3. The predicted molar refractivity (Wildman–Crippen MR) is 124 cm³/mol. The van der Waals surface area contributed by atoms with Gasteiger partial charge in [-0.15, -0.1) is 0 Å². The monoisotopic (exact) mass is 432 g/mol. The molecule has 1 saturated heterocycles. The number of aromatic nitrogens is 1. The van der Waals surface area contributed by atoms with Gasteiger partial charge in [-0.2, -0.15) is 10.2 Å². The molecule has 7 heteroatoms. The minimum absolute atomic E-state index is 0.186. The van der Waals surface area contributed by atoms with Crippen LogP contribution in [0, 0.1) is 32.1 Å². The highest BCUT2D eigenvalue weighted by atomic mass is 16.5. The van der Waals surface area contributed by atoms with Crippen molar-refractivity contribution in [2.75, 3.05) is 43.1 Å². The Balaban J connectivity index is 1.42. The highest BCUT2D eigenvalue weighted by Crippen LogP contribution is 2.28. The lowest BCUT2D eigenvalue weighted by Gasteiger charge is -2.35. The SMILES string of the molecule is COc1ccc(N2CCN(c3oc(COc4c(C)cc(C)cc4C)nc3C#N)CC2)cc1. The van der Waals surface area contributed by atoms with Gasteiger partial charge in [0.1, 0.15) is 17.6 Å². The number of hydrogen-bond donors (Lipinski definition) is 0. The highest BCUT2D eigenvalue weighted by Gasteiger charge is 2.24. The third kappa shape index (κ3) is 4.50. The van der Waals surface area contributed by atoms with E-state index in [-0.39, 0.29) is 6.61 Å². The number of oxazole rings is 1. The first kappa shape index (κ1) is 21.6. The van der Waals surface area contributed by atoms with Gasteiger partial charge in [-0.05, 0) is 56.2 Å². The molecule has 0 radical (unpaired) electrons. The van der Waals surface area contributed by atoms with Gasteiger partial charge in [0.2, 0.25) is 17.5 Å². The first-order valence-corrected chi connectivity index (χ1v) is 10.7. The summed E-state index contributed by atoms with van der Waals surface area (Å²) in [6.07, 6.45) is 0. The summed E-state index contributed by atoms with van der Waals surface area (Å²) in [5.74, 6) is 2.62. The summed E-state index contributed by atoms with van der Waals surface area (Å²) in [7, 11) is 1.67. The van der Waals surface area contributed by atoms with Crippen molar-refractivity contribution in [1.29, 1.82) is 5.26 Å². The van der Waals surface area contributed by atoms with Crippen molar-refractivity contribution in [3.05, 3.63) is 64.7 Å². The summed E-state index contributed by atoms with van der Waals surface area (Å²) in [6.45, 7) is 9.44. The topological polar surface area (TPSA) is 74.8 Å². The molecule has 2 aromatic carbocycles. The molecule has 0 aliphatic carbocycles. The van der Waals surface area contributed by atoms with Crippen molar-refractivity contribution in [1.82, 2.24) is 4.98 Å². The second kappa shape index (κ2) is 9.23. The molecule has 32 heavy (non-hydrogen) atoms. The van der Waals surface area contributed by atoms with Gasteiger partial charge < -0.3 is 23.7 Å². The van der Waals surface area contributed by atoms with Crippen molar-refractivity contribution in [3.8, 4) is 17.6 Å². The average Bonchev–Trinajstić information content (AvgIpc) is 3.22. The molecule has 7 nitrogen and oxygen atoms in total. The zero-order valence-electron chi connectivity index (χ0n) is 19.0. The molecule has 2 heterocycles. The van der Waals surface area contributed by atoms with E-state index >= 15 is 0 Å². The normalized spacial score (nSPS) is 13.7. The van der Waals surface area contributed by atoms with Crippen molar-refractivity contribution in [3.63, 3.8) is 0 Å². The predicted octanol–water partition coefficient (Wildman–Crippen LogP) is 4.39. The van der Waals surface area contributed by atoms with Crippen LogP contribution in [0.5, 0.6) is 11.5 Å². The molecule has 4 rings (SSSR count). The largest absolute Gasteiger partial charge is 0.497 e. The maximum absolute atomic E-state index is 9.58. The molecule has 0 bridgehead atoms. The van der Waals surface area contributed by atoms with Gasteiger partial charge in [0.05, 0.1) is 7.11 Å². The van der Waals surface area contributed by atoms with Crippen LogP contribution >= 0.6 is 0 Å². The number of hydrogen-bond acceptors (Lipinski definition) is 7. The molecule has 0 saturated carbocycles. The number of benzene rings is 2. The Morgan fingerprint density at radius 2 is 1.62 bits per heavy atom. The van der Waals surface area contributed by atoms with Gasteiger partial charge >= 0.3 is 0 Å².